The molecule has 3 aromatic rings. The van der Waals surface area contributed by atoms with Crippen LogP contribution in [0, 0.1) is 20.8 Å². The fraction of sp³-hybridized carbons (Fsp3) is 0.455. The van der Waals surface area contributed by atoms with E-state index in [0.29, 0.717) is 18.9 Å². The van der Waals surface area contributed by atoms with E-state index >= 15 is 0 Å². The van der Waals surface area contributed by atoms with Crippen LogP contribution in [-0.4, -0.2) is 56.6 Å². The lowest BCUT2D eigenvalue weighted by Crippen LogP contribution is -2.49. The first kappa shape index (κ1) is 19.4. The Hall–Kier alpha value is -2.96. The standard InChI is InChI=1S/C22H28N6O/c1-5-6-19-14-20(23-22-25-24-17(4)28(19)22)26-9-11-27(12-10-26)21(29)18-8-7-15(2)16(3)13-18/h7-8,13-14H,5-6,9-12H2,1-4H3. The molecule has 1 saturated heterocycles. The number of amides is 1. The van der Waals surface area contributed by atoms with Gasteiger partial charge in [-0.05, 0) is 50.5 Å². The Kier molecular flexibility index (Phi) is 5.22. The molecule has 0 spiro atoms. The maximum atomic E-state index is 12.9. The van der Waals surface area contributed by atoms with Gasteiger partial charge in [0.25, 0.3) is 11.7 Å². The van der Waals surface area contributed by atoms with Crippen molar-refractivity contribution in [1.29, 1.82) is 0 Å². The van der Waals surface area contributed by atoms with E-state index in [9.17, 15) is 4.79 Å². The number of hydrogen-bond donors (Lipinski definition) is 0. The minimum atomic E-state index is 0.107. The van der Waals surface area contributed by atoms with Crippen molar-refractivity contribution >= 4 is 17.5 Å². The van der Waals surface area contributed by atoms with E-state index in [-0.39, 0.29) is 5.91 Å². The minimum Gasteiger partial charge on any atom is -0.353 e. The van der Waals surface area contributed by atoms with Crippen LogP contribution in [-0.2, 0) is 6.42 Å². The van der Waals surface area contributed by atoms with E-state index in [1.807, 2.05) is 41.3 Å². The predicted molar refractivity (Wildman–Crippen MR) is 114 cm³/mol. The Labute approximate surface area is 171 Å². The minimum absolute atomic E-state index is 0.107. The number of piperazine rings is 1. The fourth-order valence-electron chi connectivity index (χ4n) is 3.91. The topological polar surface area (TPSA) is 66.6 Å². The summed E-state index contributed by atoms with van der Waals surface area (Å²) in [6.45, 7) is 11.1. The van der Waals surface area contributed by atoms with E-state index in [1.165, 1.54) is 11.3 Å². The Morgan fingerprint density at radius 2 is 1.76 bits per heavy atom. The van der Waals surface area contributed by atoms with Crippen molar-refractivity contribution in [3.05, 3.63) is 52.5 Å². The molecule has 0 unspecified atom stereocenters. The highest BCUT2D eigenvalue weighted by Crippen LogP contribution is 2.20. The zero-order chi connectivity index (χ0) is 20.5. The van der Waals surface area contributed by atoms with Crippen molar-refractivity contribution in [2.45, 2.75) is 40.5 Å². The summed E-state index contributed by atoms with van der Waals surface area (Å²) in [6.07, 6.45) is 2.00. The summed E-state index contributed by atoms with van der Waals surface area (Å²) < 4.78 is 2.03. The largest absolute Gasteiger partial charge is 0.353 e. The van der Waals surface area contributed by atoms with Gasteiger partial charge in [-0.15, -0.1) is 10.2 Å². The van der Waals surface area contributed by atoms with E-state index < -0.39 is 0 Å². The van der Waals surface area contributed by atoms with Gasteiger partial charge in [0.1, 0.15) is 11.6 Å². The van der Waals surface area contributed by atoms with Crippen molar-refractivity contribution in [3.63, 3.8) is 0 Å². The lowest BCUT2D eigenvalue weighted by atomic mass is 10.1. The Morgan fingerprint density at radius 3 is 2.45 bits per heavy atom. The normalized spacial score (nSPS) is 14.6. The lowest BCUT2D eigenvalue weighted by molar-refractivity contribution is 0.0746. The van der Waals surface area contributed by atoms with Gasteiger partial charge < -0.3 is 9.80 Å². The van der Waals surface area contributed by atoms with E-state index in [0.717, 1.165) is 48.7 Å². The van der Waals surface area contributed by atoms with Crippen LogP contribution in [0.4, 0.5) is 5.82 Å². The van der Waals surface area contributed by atoms with Crippen LogP contribution in [0.1, 0.15) is 46.3 Å². The van der Waals surface area contributed by atoms with Gasteiger partial charge in [-0.2, -0.15) is 4.98 Å². The zero-order valence-corrected chi connectivity index (χ0v) is 17.6. The number of fused-ring (bicyclic) bond motifs is 1. The van der Waals surface area contributed by atoms with Gasteiger partial charge in [0.2, 0.25) is 0 Å². The summed E-state index contributed by atoms with van der Waals surface area (Å²) in [4.78, 5) is 21.8. The number of nitrogens with zero attached hydrogens (tertiary/aromatic N) is 6. The molecule has 0 aliphatic carbocycles. The van der Waals surface area contributed by atoms with E-state index in [1.54, 1.807) is 0 Å². The molecule has 0 radical (unpaired) electrons. The van der Waals surface area contributed by atoms with Crippen LogP contribution in [0.15, 0.2) is 24.3 Å². The number of rotatable bonds is 4. The van der Waals surface area contributed by atoms with Gasteiger partial charge in [-0.3, -0.25) is 9.20 Å². The summed E-state index contributed by atoms with van der Waals surface area (Å²) in [6, 6.07) is 8.09. The average Bonchev–Trinajstić information content (AvgIpc) is 3.11. The van der Waals surface area contributed by atoms with Gasteiger partial charge in [0, 0.05) is 43.5 Å². The van der Waals surface area contributed by atoms with Crippen LogP contribution >= 0.6 is 0 Å². The molecular formula is C22H28N6O. The predicted octanol–water partition coefficient (Wildman–Crippen LogP) is 2.96. The molecule has 4 rings (SSSR count). The Balaban J connectivity index is 1.50. The number of benzene rings is 1. The summed E-state index contributed by atoms with van der Waals surface area (Å²) in [5.41, 5.74) is 4.31. The molecule has 2 aromatic heterocycles. The second-order valence-corrected chi connectivity index (χ2v) is 7.82. The summed E-state index contributed by atoms with van der Waals surface area (Å²) >= 11 is 0. The maximum Gasteiger partial charge on any atom is 0.257 e. The molecule has 0 atom stereocenters. The molecule has 7 nitrogen and oxygen atoms in total. The molecule has 1 aliphatic heterocycles. The monoisotopic (exact) mass is 392 g/mol. The smallest absolute Gasteiger partial charge is 0.257 e. The molecular weight excluding hydrogens is 364 g/mol. The third-order valence-electron chi connectivity index (χ3n) is 5.76. The summed E-state index contributed by atoms with van der Waals surface area (Å²) in [5, 5.41) is 8.41. The molecule has 1 amide bonds. The highest BCUT2D eigenvalue weighted by atomic mass is 16.2. The first-order chi connectivity index (χ1) is 14.0. The maximum absolute atomic E-state index is 12.9. The van der Waals surface area contributed by atoms with Crippen molar-refractivity contribution in [2.75, 3.05) is 31.1 Å². The van der Waals surface area contributed by atoms with Crippen molar-refractivity contribution < 1.29 is 4.79 Å². The second kappa shape index (κ2) is 7.81. The molecule has 0 N–H and O–H groups in total. The van der Waals surface area contributed by atoms with Crippen molar-refractivity contribution in [2.24, 2.45) is 0 Å². The van der Waals surface area contributed by atoms with Crippen LogP contribution in [0.25, 0.3) is 5.78 Å². The van der Waals surface area contributed by atoms with Crippen LogP contribution < -0.4 is 4.90 Å². The molecule has 0 bridgehead atoms. The highest BCUT2D eigenvalue weighted by Gasteiger charge is 2.24. The van der Waals surface area contributed by atoms with E-state index in [4.69, 9.17) is 4.98 Å². The van der Waals surface area contributed by atoms with Gasteiger partial charge in [-0.25, -0.2) is 0 Å². The Bertz CT molecular complexity index is 1050. The first-order valence-corrected chi connectivity index (χ1v) is 10.3. The second-order valence-electron chi connectivity index (χ2n) is 7.82. The molecule has 0 saturated carbocycles. The van der Waals surface area contributed by atoms with E-state index in [2.05, 4.69) is 35.0 Å². The number of carbonyl (C=O) groups excluding carboxylic acids is 1. The number of hydrogen-bond acceptors (Lipinski definition) is 5. The molecule has 7 heteroatoms. The van der Waals surface area contributed by atoms with Crippen molar-refractivity contribution in [1.82, 2.24) is 24.5 Å². The molecule has 1 aromatic carbocycles. The number of aromatic nitrogens is 4. The third-order valence-corrected chi connectivity index (χ3v) is 5.76. The number of carbonyl (C=O) groups is 1. The van der Waals surface area contributed by atoms with Gasteiger partial charge >= 0.3 is 0 Å². The summed E-state index contributed by atoms with van der Waals surface area (Å²) in [7, 11) is 0. The lowest BCUT2D eigenvalue weighted by Gasteiger charge is -2.35. The number of aryl methyl sites for hydroxylation is 4. The highest BCUT2D eigenvalue weighted by molar-refractivity contribution is 5.94. The van der Waals surface area contributed by atoms with Gasteiger partial charge in [-0.1, -0.05) is 19.4 Å². The summed E-state index contributed by atoms with van der Waals surface area (Å²) in [5.74, 6) is 2.55. The average molecular weight is 393 g/mol. The third kappa shape index (κ3) is 3.69. The molecule has 3 heterocycles. The van der Waals surface area contributed by atoms with Crippen LogP contribution in [0.2, 0.25) is 0 Å². The van der Waals surface area contributed by atoms with Crippen molar-refractivity contribution in [3.8, 4) is 0 Å². The SMILES string of the molecule is CCCc1cc(N2CCN(C(=O)c3ccc(C)c(C)c3)CC2)nc2nnc(C)n12. The quantitative estimate of drug-likeness (QED) is 0.683. The zero-order valence-electron chi connectivity index (χ0n) is 17.6. The Morgan fingerprint density at radius 1 is 1.00 bits per heavy atom. The van der Waals surface area contributed by atoms with Gasteiger partial charge in [0.15, 0.2) is 0 Å². The number of anilines is 1. The van der Waals surface area contributed by atoms with Gasteiger partial charge in [0.05, 0.1) is 0 Å². The molecule has 152 valence electrons. The van der Waals surface area contributed by atoms with Crippen LogP contribution in [0.5, 0.6) is 0 Å². The first-order valence-electron chi connectivity index (χ1n) is 10.3. The fourth-order valence-corrected chi connectivity index (χ4v) is 3.91. The molecule has 1 aliphatic rings. The van der Waals surface area contributed by atoms with Crippen LogP contribution in [0.3, 0.4) is 0 Å². The molecule has 1 fully saturated rings. The molecule has 29 heavy (non-hydrogen) atoms.